The van der Waals surface area contributed by atoms with Crippen LogP contribution in [0.25, 0.3) is 0 Å². The monoisotopic (exact) mass is 221 g/mol. The Labute approximate surface area is 95.1 Å². The van der Waals surface area contributed by atoms with Crippen molar-refractivity contribution in [1.82, 2.24) is 4.90 Å². The molecule has 1 aliphatic carbocycles. The first kappa shape index (κ1) is 11.3. The molecule has 1 fully saturated rings. The number of ketones is 1. The molecular formula is C13H16FNO. The molecular weight excluding hydrogens is 205 g/mol. The highest BCUT2D eigenvalue weighted by molar-refractivity contribution is 5.89. The van der Waals surface area contributed by atoms with Gasteiger partial charge in [-0.25, -0.2) is 4.39 Å². The smallest absolute Gasteiger partial charge is 0.157 e. The van der Waals surface area contributed by atoms with Gasteiger partial charge in [0.05, 0.1) is 6.04 Å². The fourth-order valence-electron chi connectivity index (χ4n) is 1.97. The standard InChI is InChI=1S/C13H16FNO/c1-15(2)12(13(16)9-7-8-9)10-5-3-4-6-11(10)14/h3-6,9,12H,7-8H2,1-2H3. The zero-order chi connectivity index (χ0) is 11.7. The molecule has 0 bridgehead atoms. The molecule has 2 nitrogen and oxygen atoms in total. The summed E-state index contributed by atoms with van der Waals surface area (Å²) in [6, 6.07) is 6.09. The fourth-order valence-corrected chi connectivity index (χ4v) is 1.97. The van der Waals surface area contributed by atoms with Gasteiger partial charge in [0.15, 0.2) is 5.78 Å². The molecule has 0 aliphatic heterocycles. The SMILES string of the molecule is CN(C)C(C(=O)C1CC1)c1ccccc1F. The van der Waals surface area contributed by atoms with Gasteiger partial charge < -0.3 is 0 Å². The average Bonchev–Trinajstić information content (AvgIpc) is 3.04. The zero-order valence-electron chi connectivity index (χ0n) is 9.61. The van der Waals surface area contributed by atoms with Gasteiger partial charge in [-0.1, -0.05) is 18.2 Å². The third-order valence-corrected chi connectivity index (χ3v) is 2.97. The summed E-state index contributed by atoms with van der Waals surface area (Å²) in [5.41, 5.74) is 0.490. The van der Waals surface area contributed by atoms with Gasteiger partial charge in [-0.05, 0) is 33.0 Å². The molecule has 0 amide bonds. The lowest BCUT2D eigenvalue weighted by atomic mass is 9.98. The Balaban J connectivity index is 2.32. The van der Waals surface area contributed by atoms with Gasteiger partial charge in [-0.15, -0.1) is 0 Å². The molecule has 0 saturated heterocycles. The van der Waals surface area contributed by atoms with Gasteiger partial charge in [-0.3, -0.25) is 9.69 Å². The van der Waals surface area contributed by atoms with E-state index in [0.717, 1.165) is 12.8 Å². The van der Waals surface area contributed by atoms with E-state index in [1.165, 1.54) is 6.07 Å². The Morgan fingerprint density at radius 1 is 1.38 bits per heavy atom. The maximum atomic E-state index is 13.7. The van der Waals surface area contributed by atoms with Crippen LogP contribution < -0.4 is 0 Å². The Bertz CT molecular complexity index is 399. The Kier molecular flexibility index (Phi) is 3.06. The van der Waals surface area contributed by atoms with E-state index in [2.05, 4.69) is 0 Å². The molecule has 1 unspecified atom stereocenters. The van der Waals surface area contributed by atoms with Crippen molar-refractivity contribution in [3.8, 4) is 0 Å². The summed E-state index contributed by atoms with van der Waals surface area (Å²) in [5, 5.41) is 0. The Hall–Kier alpha value is -1.22. The first-order chi connectivity index (χ1) is 7.61. The highest BCUT2D eigenvalue weighted by Gasteiger charge is 2.37. The second-order valence-corrected chi connectivity index (χ2v) is 4.56. The van der Waals surface area contributed by atoms with Crippen LogP contribution in [-0.4, -0.2) is 24.8 Å². The van der Waals surface area contributed by atoms with Crippen molar-refractivity contribution in [3.63, 3.8) is 0 Å². The number of carbonyl (C=O) groups is 1. The molecule has 1 atom stereocenters. The van der Waals surface area contributed by atoms with E-state index >= 15 is 0 Å². The largest absolute Gasteiger partial charge is 0.297 e. The second-order valence-electron chi connectivity index (χ2n) is 4.56. The van der Waals surface area contributed by atoms with E-state index in [4.69, 9.17) is 0 Å². The Morgan fingerprint density at radius 3 is 2.50 bits per heavy atom. The van der Waals surface area contributed by atoms with E-state index in [1.54, 1.807) is 23.1 Å². The maximum absolute atomic E-state index is 13.7. The third kappa shape index (κ3) is 2.14. The number of nitrogens with zero attached hydrogens (tertiary/aromatic N) is 1. The van der Waals surface area contributed by atoms with Crippen molar-refractivity contribution in [2.45, 2.75) is 18.9 Å². The molecule has 1 aliphatic rings. The average molecular weight is 221 g/mol. The molecule has 1 aromatic rings. The topological polar surface area (TPSA) is 20.3 Å². The molecule has 16 heavy (non-hydrogen) atoms. The summed E-state index contributed by atoms with van der Waals surface area (Å²) in [6.07, 6.45) is 1.91. The fraction of sp³-hybridized carbons (Fsp3) is 0.462. The lowest BCUT2D eigenvalue weighted by Crippen LogP contribution is -2.29. The Morgan fingerprint density at radius 2 is 2.00 bits per heavy atom. The molecule has 0 aromatic heterocycles. The van der Waals surface area contributed by atoms with Gasteiger partial charge in [0.2, 0.25) is 0 Å². The van der Waals surface area contributed by atoms with Gasteiger partial charge >= 0.3 is 0 Å². The first-order valence-corrected chi connectivity index (χ1v) is 5.56. The van der Waals surface area contributed by atoms with Crippen molar-refractivity contribution in [2.75, 3.05) is 14.1 Å². The van der Waals surface area contributed by atoms with Crippen LogP contribution in [0.4, 0.5) is 4.39 Å². The van der Waals surface area contributed by atoms with Gasteiger partial charge in [-0.2, -0.15) is 0 Å². The van der Waals surface area contributed by atoms with Crippen LogP contribution in [0.1, 0.15) is 24.4 Å². The number of Topliss-reactive ketones (excluding diaryl/α,β-unsaturated/α-hetero) is 1. The minimum Gasteiger partial charge on any atom is -0.297 e. The number of benzene rings is 1. The number of halogens is 1. The highest BCUT2D eigenvalue weighted by Crippen LogP contribution is 2.36. The molecule has 3 heteroatoms. The predicted molar refractivity (Wildman–Crippen MR) is 60.6 cm³/mol. The van der Waals surface area contributed by atoms with E-state index in [-0.39, 0.29) is 17.5 Å². The molecule has 0 spiro atoms. The van der Waals surface area contributed by atoms with Crippen LogP contribution in [-0.2, 0) is 4.79 Å². The van der Waals surface area contributed by atoms with Crippen LogP contribution >= 0.6 is 0 Å². The predicted octanol–water partition coefficient (Wildman–Crippen LogP) is 2.41. The maximum Gasteiger partial charge on any atom is 0.157 e. The lowest BCUT2D eigenvalue weighted by Gasteiger charge is -2.23. The molecule has 0 radical (unpaired) electrons. The third-order valence-electron chi connectivity index (χ3n) is 2.97. The van der Waals surface area contributed by atoms with Crippen molar-refractivity contribution >= 4 is 5.78 Å². The number of carbonyl (C=O) groups excluding carboxylic acids is 1. The van der Waals surface area contributed by atoms with Crippen LogP contribution in [0, 0.1) is 11.7 Å². The summed E-state index contributed by atoms with van der Waals surface area (Å²) in [6.45, 7) is 0. The molecule has 0 N–H and O–H groups in total. The number of likely N-dealkylation sites (N-methyl/N-ethyl adjacent to an activating group) is 1. The van der Waals surface area contributed by atoms with E-state index in [1.807, 2.05) is 14.1 Å². The molecule has 1 aromatic carbocycles. The van der Waals surface area contributed by atoms with E-state index < -0.39 is 6.04 Å². The first-order valence-electron chi connectivity index (χ1n) is 5.56. The molecule has 1 saturated carbocycles. The normalized spacial score (nSPS) is 17.5. The summed E-state index contributed by atoms with van der Waals surface area (Å²) in [4.78, 5) is 13.9. The molecule has 0 heterocycles. The molecule has 86 valence electrons. The summed E-state index contributed by atoms with van der Waals surface area (Å²) in [5.74, 6) is -0.00249. The van der Waals surface area contributed by atoms with Crippen molar-refractivity contribution in [2.24, 2.45) is 5.92 Å². The zero-order valence-corrected chi connectivity index (χ0v) is 9.61. The van der Waals surface area contributed by atoms with Crippen molar-refractivity contribution in [3.05, 3.63) is 35.6 Å². The summed E-state index contributed by atoms with van der Waals surface area (Å²) < 4.78 is 13.7. The minimum absolute atomic E-state index is 0.145. The summed E-state index contributed by atoms with van der Waals surface area (Å²) in [7, 11) is 3.63. The van der Waals surface area contributed by atoms with Crippen molar-refractivity contribution in [1.29, 1.82) is 0 Å². The second kappa shape index (κ2) is 4.34. The molecule has 2 rings (SSSR count). The van der Waals surface area contributed by atoms with Gasteiger partial charge in [0.1, 0.15) is 5.82 Å². The summed E-state index contributed by atoms with van der Waals surface area (Å²) >= 11 is 0. The van der Waals surface area contributed by atoms with E-state index in [9.17, 15) is 9.18 Å². The lowest BCUT2D eigenvalue weighted by molar-refractivity contribution is -0.124. The number of hydrogen-bond donors (Lipinski definition) is 0. The minimum atomic E-state index is -0.436. The van der Waals surface area contributed by atoms with Crippen LogP contribution in [0.3, 0.4) is 0 Å². The number of rotatable bonds is 4. The van der Waals surface area contributed by atoms with Gasteiger partial charge in [0, 0.05) is 11.5 Å². The van der Waals surface area contributed by atoms with Gasteiger partial charge in [0.25, 0.3) is 0 Å². The highest BCUT2D eigenvalue weighted by atomic mass is 19.1. The quantitative estimate of drug-likeness (QED) is 0.778. The van der Waals surface area contributed by atoms with E-state index in [0.29, 0.717) is 5.56 Å². The van der Waals surface area contributed by atoms with Crippen LogP contribution in [0.2, 0.25) is 0 Å². The van der Waals surface area contributed by atoms with Crippen molar-refractivity contribution < 1.29 is 9.18 Å². The van der Waals surface area contributed by atoms with Crippen LogP contribution in [0.15, 0.2) is 24.3 Å². The van der Waals surface area contributed by atoms with Crippen LogP contribution in [0.5, 0.6) is 0 Å². The number of hydrogen-bond acceptors (Lipinski definition) is 2.